The number of nitrogens with one attached hydrogen (secondary N) is 1. The fraction of sp³-hybridized carbons (Fsp3) is 0.524. The number of benzene rings is 1. The summed E-state index contributed by atoms with van der Waals surface area (Å²) in [5, 5.41) is 7.59. The van der Waals surface area contributed by atoms with Gasteiger partial charge in [-0.3, -0.25) is 9.89 Å². The van der Waals surface area contributed by atoms with Crippen LogP contribution in [-0.4, -0.2) is 60.7 Å². The number of hydrogen-bond donors (Lipinski definition) is 1. The first-order valence-corrected chi connectivity index (χ1v) is 9.62. The van der Waals surface area contributed by atoms with Crippen molar-refractivity contribution in [2.24, 2.45) is 4.99 Å². The molecule has 0 bridgehead atoms. The van der Waals surface area contributed by atoms with Gasteiger partial charge in [-0.2, -0.15) is 0 Å². The highest BCUT2D eigenvalue weighted by atomic mass is 127. The smallest absolute Gasteiger partial charge is 0.193 e. The van der Waals surface area contributed by atoms with Crippen LogP contribution in [0.4, 0.5) is 0 Å². The average Bonchev–Trinajstić information content (AvgIpc) is 3.17. The Kier molecular flexibility index (Phi) is 8.30. The van der Waals surface area contributed by atoms with Crippen LogP contribution < -0.4 is 5.32 Å². The van der Waals surface area contributed by atoms with Gasteiger partial charge >= 0.3 is 0 Å². The summed E-state index contributed by atoms with van der Waals surface area (Å²) in [4.78, 5) is 9.25. The summed E-state index contributed by atoms with van der Waals surface area (Å²) < 4.78 is 4.92. The molecule has 3 rings (SSSR count). The number of aromatic nitrogens is 1. The SMILES string of the molecule is CN=C(NCC(C)(C)c1ccc(C)cc1)N1CCN(Cc2ccon2)CC1.I. The predicted octanol–water partition coefficient (Wildman–Crippen LogP) is 3.27. The summed E-state index contributed by atoms with van der Waals surface area (Å²) in [5.41, 5.74) is 3.67. The van der Waals surface area contributed by atoms with Crippen LogP contribution in [0.1, 0.15) is 30.7 Å². The minimum absolute atomic E-state index is 0. The second-order valence-corrected chi connectivity index (χ2v) is 7.90. The molecule has 1 aromatic carbocycles. The van der Waals surface area contributed by atoms with E-state index in [1.807, 2.05) is 13.1 Å². The van der Waals surface area contributed by atoms with Gasteiger partial charge in [0, 0.05) is 57.8 Å². The van der Waals surface area contributed by atoms with Crippen molar-refractivity contribution in [3.63, 3.8) is 0 Å². The number of aliphatic imine (C=N–C) groups is 1. The van der Waals surface area contributed by atoms with Crippen LogP contribution in [0.25, 0.3) is 0 Å². The molecule has 154 valence electrons. The van der Waals surface area contributed by atoms with E-state index >= 15 is 0 Å². The Bertz CT molecular complexity index is 735. The fourth-order valence-corrected chi connectivity index (χ4v) is 3.41. The zero-order chi connectivity index (χ0) is 19.3. The zero-order valence-electron chi connectivity index (χ0n) is 17.3. The van der Waals surface area contributed by atoms with E-state index in [1.54, 1.807) is 6.26 Å². The van der Waals surface area contributed by atoms with E-state index < -0.39 is 0 Å². The second kappa shape index (κ2) is 10.2. The Morgan fingerprint density at radius 3 is 2.39 bits per heavy atom. The summed E-state index contributed by atoms with van der Waals surface area (Å²) in [6.07, 6.45) is 1.63. The van der Waals surface area contributed by atoms with Crippen molar-refractivity contribution in [1.82, 2.24) is 20.3 Å². The highest BCUT2D eigenvalue weighted by Gasteiger charge is 2.24. The molecule has 1 N–H and O–H groups in total. The van der Waals surface area contributed by atoms with Crippen LogP contribution >= 0.6 is 24.0 Å². The van der Waals surface area contributed by atoms with E-state index in [9.17, 15) is 0 Å². The van der Waals surface area contributed by atoms with Gasteiger partial charge in [0.05, 0.1) is 5.69 Å². The molecule has 1 aromatic heterocycles. The average molecular weight is 497 g/mol. The van der Waals surface area contributed by atoms with E-state index in [-0.39, 0.29) is 29.4 Å². The first-order chi connectivity index (χ1) is 13.0. The third-order valence-corrected chi connectivity index (χ3v) is 5.28. The maximum Gasteiger partial charge on any atom is 0.193 e. The minimum Gasteiger partial charge on any atom is -0.364 e. The normalized spacial score (nSPS) is 16.0. The molecule has 0 aliphatic carbocycles. The van der Waals surface area contributed by atoms with Crippen LogP contribution in [0, 0.1) is 6.92 Å². The molecule has 0 spiro atoms. The molecule has 1 fully saturated rings. The van der Waals surface area contributed by atoms with E-state index in [0.29, 0.717) is 0 Å². The van der Waals surface area contributed by atoms with Gasteiger partial charge in [-0.15, -0.1) is 24.0 Å². The van der Waals surface area contributed by atoms with Gasteiger partial charge in [0.1, 0.15) is 6.26 Å². The summed E-state index contributed by atoms with van der Waals surface area (Å²) in [7, 11) is 1.86. The fourth-order valence-electron chi connectivity index (χ4n) is 3.41. The molecular weight excluding hydrogens is 465 g/mol. The van der Waals surface area contributed by atoms with E-state index in [4.69, 9.17) is 4.52 Å². The minimum atomic E-state index is 0. The van der Waals surface area contributed by atoms with Crippen molar-refractivity contribution in [1.29, 1.82) is 0 Å². The summed E-state index contributed by atoms with van der Waals surface area (Å²) >= 11 is 0. The van der Waals surface area contributed by atoms with E-state index in [0.717, 1.165) is 50.9 Å². The summed E-state index contributed by atoms with van der Waals surface area (Å²) in [5.74, 6) is 0.983. The lowest BCUT2D eigenvalue weighted by Gasteiger charge is -2.37. The van der Waals surface area contributed by atoms with Crippen molar-refractivity contribution in [3.8, 4) is 0 Å². The van der Waals surface area contributed by atoms with Gasteiger partial charge in [-0.1, -0.05) is 48.8 Å². The molecule has 1 aliphatic rings. The van der Waals surface area contributed by atoms with Crippen LogP contribution in [0.15, 0.2) is 46.1 Å². The molecule has 0 saturated carbocycles. The molecule has 0 radical (unpaired) electrons. The first kappa shape index (κ1) is 22.7. The van der Waals surface area contributed by atoms with Gasteiger partial charge in [0.15, 0.2) is 5.96 Å². The standard InChI is InChI=1S/C21H31N5O.HI/c1-17-5-7-18(8-6-17)21(2,3)16-23-20(22-4)26-12-10-25(11-13-26)15-19-9-14-27-24-19;/h5-9,14H,10-13,15-16H2,1-4H3,(H,22,23);1H. The molecular formula is C21H32IN5O. The zero-order valence-corrected chi connectivity index (χ0v) is 19.6. The van der Waals surface area contributed by atoms with E-state index in [2.05, 4.69) is 70.3 Å². The molecule has 7 heteroatoms. The molecule has 2 heterocycles. The third kappa shape index (κ3) is 5.94. The van der Waals surface area contributed by atoms with Crippen molar-refractivity contribution in [2.75, 3.05) is 39.8 Å². The monoisotopic (exact) mass is 497 g/mol. The number of guanidine groups is 1. The second-order valence-electron chi connectivity index (χ2n) is 7.90. The number of halogens is 1. The maximum atomic E-state index is 4.92. The molecule has 1 saturated heterocycles. The van der Waals surface area contributed by atoms with Crippen LogP contribution in [0.5, 0.6) is 0 Å². The third-order valence-electron chi connectivity index (χ3n) is 5.28. The summed E-state index contributed by atoms with van der Waals surface area (Å²) in [6.45, 7) is 12.3. The van der Waals surface area contributed by atoms with Crippen LogP contribution in [0.3, 0.4) is 0 Å². The lowest BCUT2D eigenvalue weighted by molar-refractivity contribution is 0.168. The largest absolute Gasteiger partial charge is 0.364 e. The van der Waals surface area contributed by atoms with Gasteiger partial charge in [-0.05, 0) is 12.5 Å². The van der Waals surface area contributed by atoms with Gasteiger partial charge in [0.25, 0.3) is 0 Å². The Morgan fingerprint density at radius 2 is 1.82 bits per heavy atom. The van der Waals surface area contributed by atoms with Crippen molar-refractivity contribution < 1.29 is 4.52 Å². The highest BCUT2D eigenvalue weighted by Crippen LogP contribution is 2.22. The Morgan fingerprint density at radius 1 is 1.14 bits per heavy atom. The first-order valence-electron chi connectivity index (χ1n) is 9.62. The number of nitrogens with zero attached hydrogens (tertiary/aromatic N) is 4. The van der Waals surface area contributed by atoms with Crippen LogP contribution in [0.2, 0.25) is 0 Å². The lowest BCUT2D eigenvalue weighted by Crippen LogP contribution is -2.53. The molecule has 28 heavy (non-hydrogen) atoms. The molecule has 2 aromatic rings. The number of piperazine rings is 1. The predicted molar refractivity (Wildman–Crippen MR) is 124 cm³/mol. The topological polar surface area (TPSA) is 56.9 Å². The Balaban J connectivity index is 0.00000280. The number of rotatable bonds is 5. The van der Waals surface area contributed by atoms with E-state index in [1.165, 1.54) is 11.1 Å². The van der Waals surface area contributed by atoms with Gasteiger partial charge in [-0.25, -0.2) is 0 Å². The molecule has 6 nitrogen and oxygen atoms in total. The quantitative estimate of drug-likeness (QED) is 0.391. The summed E-state index contributed by atoms with van der Waals surface area (Å²) in [6, 6.07) is 10.7. The molecule has 1 aliphatic heterocycles. The van der Waals surface area contributed by atoms with Crippen molar-refractivity contribution >= 4 is 29.9 Å². The maximum absolute atomic E-state index is 4.92. The van der Waals surface area contributed by atoms with Crippen LogP contribution in [-0.2, 0) is 12.0 Å². The molecule has 0 amide bonds. The lowest BCUT2D eigenvalue weighted by atomic mass is 9.84. The molecule has 0 unspecified atom stereocenters. The number of aryl methyl sites for hydroxylation is 1. The highest BCUT2D eigenvalue weighted by molar-refractivity contribution is 14.0. The Labute approximate surface area is 185 Å². The number of hydrogen-bond acceptors (Lipinski definition) is 4. The van der Waals surface area contributed by atoms with Gasteiger partial charge in [0.2, 0.25) is 0 Å². The van der Waals surface area contributed by atoms with Crippen molar-refractivity contribution in [3.05, 3.63) is 53.4 Å². The van der Waals surface area contributed by atoms with Gasteiger partial charge < -0.3 is 14.7 Å². The Hall–Kier alpha value is -1.61. The molecule has 0 atom stereocenters. The van der Waals surface area contributed by atoms with Crippen molar-refractivity contribution in [2.45, 2.75) is 32.7 Å².